The van der Waals surface area contributed by atoms with E-state index in [0.29, 0.717) is 23.0 Å². The maximum atomic E-state index is 11.4. The topological polar surface area (TPSA) is 89.5 Å². The highest BCUT2D eigenvalue weighted by Crippen LogP contribution is 2.41. The quantitative estimate of drug-likeness (QED) is 0.416. The summed E-state index contributed by atoms with van der Waals surface area (Å²) in [5.74, 6) is 1.01. The number of benzene rings is 2. The van der Waals surface area contributed by atoms with E-state index < -0.39 is 11.9 Å². The van der Waals surface area contributed by atoms with Crippen LogP contribution in [0.4, 0.5) is 0 Å². The van der Waals surface area contributed by atoms with Gasteiger partial charge in [-0.2, -0.15) is 0 Å². The Kier molecular flexibility index (Phi) is 8.52. The SMILES string of the molecule is COc1cc(/C=C/C(C)c2cc(OC)c(OC(C)=O)c(OC)c2)cc(OC)c1OC(C)=O. The average Bonchev–Trinajstić information content (AvgIpc) is 2.77. The summed E-state index contributed by atoms with van der Waals surface area (Å²) in [4.78, 5) is 22.8. The van der Waals surface area contributed by atoms with Crippen LogP contribution in [0.1, 0.15) is 37.8 Å². The highest BCUT2D eigenvalue weighted by atomic mass is 16.6. The highest BCUT2D eigenvalue weighted by molar-refractivity contribution is 5.74. The summed E-state index contributed by atoms with van der Waals surface area (Å²) in [6, 6.07) is 7.07. The van der Waals surface area contributed by atoms with Gasteiger partial charge in [-0.15, -0.1) is 0 Å². The van der Waals surface area contributed by atoms with Crippen LogP contribution in [0.5, 0.6) is 34.5 Å². The summed E-state index contributed by atoms with van der Waals surface area (Å²) in [5, 5.41) is 0. The van der Waals surface area contributed by atoms with Gasteiger partial charge >= 0.3 is 11.9 Å². The number of rotatable bonds is 9. The first-order valence-corrected chi connectivity index (χ1v) is 9.81. The first-order valence-electron chi connectivity index (χ1n) is 9.81. The Labute approximate surface area is 187 Å². The molecule has 172 valence electrons. The van der Waals surface area contributed by atoms with Gasteiger partial charge in [-0.3, -0.25) is 9.59 Å². The Morgan fingerprint density at radius 3 is 1.44 bits per heavy atom. The van der Waals surface area contributed by atoms with Crippen molar-refractivity contribution >= 4 is 18.0 Å². The van der Waals surface area contributed by atoms with Gasteiger partial charge in [0.15, 0.2) is 23.0 Å². The van der Waals surface area contributed by atoms with Crippen molar-refractivity contribution in [1.82, 2.24) is 0 Å². The molecule has 2 rings (SSSR count). The highest BCUT2D eigenvalue weighted by Gasteiger charge is 2.18. The number of allylic oxidation sites excluding steroid dienone is 1. The summed E-state index contributed by atoms with van der Waals surface area (Å²) in [6.45, 7) is 4.62. The molecule has 8 nitrogen and oxygen atoms in total. The minimum absolute atomic E-state index is 0.0469. The summed E-state index contributed by atoms with van der Waals surface area (Å²) < 4.78 is 32.0. The molecule has 1 atom stereocenters. The van der Waals surface area contributed by atoms with Gasteiger partial charge in [0.2, 0.25) is 11.5 Å². The fourth-order valence-electron chi connectivity index (χ4n) is 3.01. The number of carbonyl (C=O) groups is 2. The van der Waals surface area contributed by atoms with Crippen molar-refractivity contribution < 1.29 is 38.0 Å². The minimum Gasteiger partial charge on any atom is -0.493 e. The second kappa shape index (κ2) is 11.1. The fraction of sp³-hybridized carbons (Fsp3) is 0.333. The third kappa shape index (κ3) is 5.94. The maximum Gasteiger partial charge on any atom is 0.308 e. The van der Waals surface area contributed by atoms with Gasteiger partial charge in [-0.25, -0.2) is 0 Å². The van der Waals surface area contributed by atoms with Crippen LogP contribution in [0.2, 0.25) is 0 Å². The molecule has 0 aliphatic heterocycles. The van der Waals surface area contributed by atoms with E-state index in [9.17, 15) is 9.59 Å². The monoisotopic (exact) mass is 444 g/mol. The molecule has 8 heteroatoms. The van der Waals surface area contributed by atoms with Crippen LogP contribution in [0.3, 0.4) is 0 Å². The van der Waals surface area contributed by atoms with Crippen LogP contribution in [0.25, 0.3) is 6.08 Å². The Balaban J connectivity index is 2.40. The smallest absolute Gasteiger partial charge is 0.308 e. The van der Waals surface area contributed by atoms with Crippen LogP contribution in [-0.4, -0.2) is 40.4 Å². The van der Waals surface area contributed by atoms with E-state index in [1.54, 1.807) is 24.3 Å². The van der Waals surface area contributed by atoms with Crippen molar-refractivity contribution in [3.8, 4) is 34.5 Å². The molecule has 0 saturated heterocycles. The molecule has 0 aliphatic rings. The first-order chi connectivity index (χ1) is 15.2. The summed E-state index contributed by atoms with van der Waals surface area (Å²) in [7, 11) is 5.97. The van der Waals surface area contributed by atoms with Crippen molar-refractivity contribution in [1.29, 1.82) is 0 Å². The minimum atomic E-state index is -0.474. The maximum absolute atomic E-state index is 11.4. The van der Waals surface area contributed by atoms with Crippen LogP contribution < -0.4 is 28.4 Å². The number of carbonyl (C=O) groups excluding carboxylic acids is 2. The molecule has 0 saturated carbocycles. The van der Waals surface area contributed by atoms with Gasteiger partial charge in [-0.05, 0) is 41.3 Å². The molecule has 0 heterocycles. The lowest BCUT2D eigenvalue weighted by molar-refractivity contribution is -0.133. The fourth-order valence-corrected chi connectivity index (χ4v) is 3.01. The summed E-state index contributed by atoms with van der Waals surface area (Å²) in [6.07, 6.45) is 3.87. The largest absolute Gasteiger partial charge is 0.493 e. The molecule has 32 heavy (non-hydrogen) atoms. The second-order valence-corrected chi connectivity index (χ2v) is 6.84. The third-order valence-electron chi connectivity index (χ3n) is 4.56. The molecule has 0 fully saturated rings. The van der Waals surface area contributed by atoms with Crippen LogP contribution in [0, 0.1) is 0 Å². The molecule has 0 aliphatic carbocycles. The zero-order valence-electron chi connectivity index (χ0n) is 19.3. The molecule has 0 spiro atoms. The Hall–Kier alpha value is -3.68. The summed E-state index contributed by atoms with van der Waals surface area (Å²) in [5.41, 5.74) is 1.68. The number of methoxy groups -OCH3 is 4. The van der Waals surface area contributed by atoms with Gasteiger partial charge in [0, 0.05) is 13.8 Å². The lowest BCUT2D eigenvalue weighted by Gasteiger charge is -2.16. The van der Waals surface area contributed by atoms with Crippen molar-refractivity contribution in [2.45, 2.75) is 26.7 Å². The van der Waals surface area contributed by atoms with E-state index >= 15 is 0 Å². The molecular weight excluding hydrogens is 416 g/mol. The Bertz CT molecular complexity index is 959. The van der Waals surface area contributed by atoms with Crippen LogP contribution in [0.15, 0.2) is 30.3 Å². The zero-order chi connectivity index (χ0) is 23.8. The van der Waals surface area contributed by atoms with E-state index in [2.05, 4.69) is 0 Å². The average molecular weight is 444 g/mol. The van der Waals surface area contributed by atoms with Gasteiger partial charge in [-0.1, -0.05) is 19.1 Å². The normalized spacial score (nSPS) is 11.6. The van der Waals surface area contributed by atoms with Gasteiger partial charge in [0.05, 0.1) is 28.4 Å². The molecule has 0 bridgehead atoms. The number of esters is 2. The molecule has 1 unspecified atom stereocenters. The van der Waals surface area contributed by atoms with Crippen molar-refractivity contribution in [3.05, 3.63) is 41.5 Å². The molecule has 0 aromatic heterocycles. The van der Waals surface area contributed by atoms with Crippen LogP contribution >= 0.6 is 0 Å². The molecule has 0 amide bonds. The predicted octanol–water partition coefficient (Wildman–Crippen LogP) is 4.39. The summed E-state index contributed by atoms with van der Waals surface area (Å²) >= 11 is 0. The lowest BCUT2D eigenvalue weighted by atomic mass is 9.98. The lowest BCUT2D eigenvalue weighted by Crippen LogP contribution is -2.06. The van der Waals surface area contributed by atoms with Crippen molar-refractivity contribution in [3.63, 3.8) is 0 Å². The zero-order valence-corrected chi connectivity index (χ0v) is 19.3. The number of hydrogen-bond acceptors (Lipinski definition) is 8. The molecular formula is C24H28O8. The van der Waals surface area contributed by atoms with Crippen LogP contribution in [-0.2, 0) is 9.59 Å². The molecule has 2 aromatic carbocycles. The van der Waals surface area contributed by atoms with E-state index in [0.717, 1.165) is 11.1 Å². The standard InChI is InChI=1S/C24H28O8/c1-14(18-12-21(29-6)24(32-16(3)26)22(13-18)30-7)8-9-17-10-19(27-4)23(31-15(2)25)20(11-17)28-5/h8-14H,1-7H3/b9-8+. The number of hydrogen-bond donors (Lipinski definition) is 0. The molecule has 0 radical (unpaired) electrons. The Morgan fingerprint density at radius 1 is 0.719 bits per heavy atom. The van der Waals surface area contributed by atoms with E-state index in [4.69, 9.17) is 28.4 Å². The van der Waals surface area contributed by atoms with E-state index in [-0.39, 0.29) is 17.4 Å². The van der Waals surface area contributed by atoms with E-state index in [1.807, 2.05) is 19.1 Å². The predicted molar refractivity (Wildman–Crippen MR) is 119 cm³/mol. The molecule has 2 aromatic rings. The van der Waals surface area contributed by atoms with E-state index in [1.165, 1.54) is 42.3 Å². The first kappa shape index (κ1) is 24.6. The van der Waals surface area contributed by atoms with Gasteiger partial charge in [0.1, 0.15) is 0 Å². The molecule has 0 N–H and O–H groups in total. The Morgan fingerprint density at radius 2 is 1.09 bits per heavy atom. The second-order valence-electron chi connectivity index (χ2n) is 6.84. The number of ether oxygens (including phenoxy) is 6. The van der Waals surface area contributed by atoms with Crippen molar-refractivity contribution in [2.24, 2.45) is 0 Å². The van der Waals surface area contributed by atoms with Gasteiger partial charge in [0.25, 0.3) is 0 Å². The van der Waals surface area contributed by atoms with Gasteiger partial charge < -0.3 is 28.4 Å². The third-order valence-corrected chi connectivity index (χ3v) is 4.56. The van der Waals surface area contributed by atoms with Crippen molar-refractivity contribution in [2.75, 3.05) is 28.4 Å².